The van der Waals surface area contributed by atoms with Crippen LogP contribution in [0.2, 0.25) is 13.0 Å². The Kier molecular flexibility index (Phi) is 4.58. The molecule has 8 heteroatoms. The summed E-state index contributed by atoms with van der Waals surface area (Å²) >= 11 is 1.66. The average Bonchev–Trinajstić information content (AvgIpc) is 3.87. The molecule has 1 aliphatic rings. The van der Waals surface area contributed by atoms with Crippen molar-refractivity contribution in [2.45, 2.75) is 22.8 Å². The van der Waals surface area contributed by atoms with E-state index in [1.54, 1.807) is 11.8 Å². The Balaban J connectivity index is 1.17. The molecule has 5 heterocycles. The van der Waals surface area contributed by atoms with Gasteiger partial charge in [0.2, 0.25) is 11.6 Å². The molecular weight excluding hydrogens is 625 g/mol. The van der Waals surface area contributed by atoms with Gasteiger partial charge in [-0.25, -0.2) is 9.97 Å². The summed E-state index contributed by atoms with van der Waals surface area (Å²) in [5.74, 6) is 1.61. The van der Waals surface area contributed by atoms with E-state index < -0.39 is 14.5 Å². The van der Waals surface area contributed by atoms with Gasteiger partial charge in [-0.15, -0.1) is 0 Å². The van der Waals surface area contributed by atoms with E-state index in [4.69, 9.17) is 9.97 Å². The number of para-hydroxylation sites is 8. The first-order chi connectivity index (χ1) is 24.8. The van der Waals surface area contributed by atoms with Crippen LogP contribution in [-0.4, -0.2) is 36.0 Å². The van der Waals surface area contributed by atoms with Crippen LogP contribution in [0.1, 0.15) is 4.11 Å². The van der Waals surface area contributed by atoms with Crippen LogP contribution < -0.4 is 10.4 Å². The lowest BCUT2D eigenvalue weighted by atomic mass is 10.2. The third kappa shape index (κ3) is 3.33. The van der Waals surface area contributed by atoms with E-state index >= 15 is 0 Å². The fourth-order valence-electron chi connectivity index (χ4n) is 7.79. The summed E-state index contributed by atoms with van der Waals surface area (Å²) in [6.07, 6.45) is 0. The Morgan fingerprint density at radius 2 is 1.12 bits per heavy atom. The number of hydrogen-bond acceptors (Lipinski definition) is 3. The molecule has 0 radical (unpaired) electrons. The Morgan fingerprint density at radius 3 is 1.77 bits per heavy atom. The number of imidazole rings is 4. The standard InChI is InChI=1S/C40H28N6SSi/c1-48(2)36-21-11-20-34(46-33-19-10-9-18-32(33)45-29-15-6-4-13-27(29)42-40(45)46)38(36)47-35-23-22-25(24-37(35)48)43-30-16-7-8-17-31(30)44-28-14-5-3-12-26(28)41-39(43)44/h3-24H,1-2H3/i1D3. The van der Waals surface area contributed by atoms with Gasteiger partial charge in [0.15, 0.2) is 0 Å². The van der Waals surface area contributed by atoms with Crippen molar-refractivity contribution in [1.82, 2.24) is 27.9 Å². The molecule has 0 N–H and O–H groups in total. The highest BCUT2D eigenvalue weighted by Gasteiger charge is 2.37. The number of fused-ring (bicyclic) bond motifs is 12. The Bertz CT molecular complexity index is 3090. The smallest absolute Gasteiger partial charge is 0.220 e. The molecule has 0 aliphatic carbocycles. The van der Waals surface area contributed by atoms with Crippen LogP contribution >= 0.6 is 11.8 Å². The molecule has 6 aromatic carbocycles. The fraction of sp³-hybridized carbons (Fsp3) is 0.0500. The number of nitrogens with zero attached hydrogens (tertiary/aromatic N) is 6. The highest BCUT2D eigenvalue weighted by Crippen LogP contribution is 2.40. The van der Waals surface area contributed by atoms with Crippen LogP contribution in [0.3, 0.4) is 0 Å². The van der Waals surface area contributed by atoms with Crippen LogP contribution in [0.15, 0.2) is 143 Å². The van der Waals surface area contributed by atoms with Crippen molar-refractivity contribution < 1.29 is 4.11 Å². The van der Waals surface area contributed by atoms with Gasteiger partial charge in [0.05, 0.1) is 49.8 Å². The fourth-order valence-corrected chi connectivity index (χ4v) is 12.6. The predicted molar refractivity (Wildman–Crippen MR) is 200 cm³/mol. The molecule has 0 bridgehead atoms. The average molecular weight is 656 g/mol. The SMILES string of the molecule is [2H]C([2H])([2H])[Si]1(C)c2cc(-n3c4ccccc4n4c5ccccc5nc34)ccc2Sc2c(-n3c4ccccc4n4c5ccccc5nc34)cccc21. The molecule has 0 saturated carbocycles. The zero-order valence-corrected chi connectivity index (χ0v) is 27.6. The van der Waals surface area contributed by atoms with Gasteiger partial charge < -0.3 is 0 Å². The van der Waals surface area contributed by atoms with Crippen molar-refractivity contribution in [3.05, 3.63) is 133 Å². The van der Waals surface area contributed by atoms with Gasteiger partial charge in [0, 0.05) is 19.6 Å². The van der Waals surface area contributed by atoms with E-state index in [0.29, 0.717) is 0 Å². The molecule has 1 atom stereocenters. The van der Waals surface area contributed by atoms with E-state index in [9.17, 15) is 4.11 Å². The van der Waals surface area contributed by atoms with Crippen molar-refractivity contribution >= 4 is 85.9 Å². The Labute approximate surface area is 284 Å². The topological polar surface area (TPSA) is 44.5 Å². The van der Waals surface area contributed by atoms with Crippen molar-refractivity contribution in [1.29, 1.82) is 0 Å². The molecule has 4 aromatic heterocycles. The normalized spacial score (nSPS) is 17.3. The zero-order chi connectivity index (χ0) is 34.2. The molecule has 10 aromatic rings. The first-order valence-corrected chi connectivity index (χ1v) is 19.3. The van der Waals surface area contributed by atoms with Crippen molar-refractivity contribution in [2.75, 3.05) is 0 Å². The number of benzene rings is 6. The Morgan fingerprint density at radius 1 is 0.562 bits per heavy atom. The summed E-state index contributed by atoms with van der Waals surface area (Å²) < 4.78 is 36.3. The minimum Gasteiger partial charge on any atom is -0.278 e. The highest BCUT2D eigenvalue weighted by atomic mass is 32.2. The molecule has 0 saturated heterocycles. The van der Waals surface area contributed by atoms with Crippen LogP contribution in [0.5, 0.6) is 0 Å². The molecule has 1 aliphatic heterocycles. The first-order valence-electron chi connectivity index (χ1n) is 17.5. The second-order valence-electron chi connectivity index (χ2n) is 12.7. The van der Waals surface area contributed by atoms with Gasteiger partial charge in [0.25, 0.3) is 0 Å². The number of aromatic nitrogens is 6. The molecular formula is C40H28N6SSi. The summed E-state index contributed by atoms with van der Waals surface area (Å²) in [7, 11) is -3.40. The zero-order valence-electron chi connectivity index (χ0n) is 28.8. The lowest BCUT2D eigenvalue weighted by Crippen LogP contribution is -2.56. The monoisotopic (exact) mass is 655 g/mol. The third-order valence-corrected chi connectivity index (χ3v) is 14.5. The lowest BCUT2D eigenvalue weighted by Gasteiger charge is -2.34. The van der Waals surface area contributed by atoms with Gasteiger partial charge in [-0.2, -0.15) is 0 Å². The van der Waals surface area contributed by atoms with Gasteiger partial charge in [0.1, 0.15) is 8.07 Å². The number of rotatable bonds is 2. The summed E-state index contributed by atoms with van der Waals surface area (Å²) in [5, 5.41) is 1.83. The first kappa shape index (κ1) is 23.7. The van der Waals surface area contributed by atoms with E-state index in [1.807, 2.05) is 67.2 Å². The second kappa shape index (κ2) is 9.28. The molecule has 228 valence electrons. The summed E-state index contributed by atoms with van der Waals surface area (Å²) in [5.41, 5.74) is 9.90. The molecule has 11 rings (SSSR count). The quantitative estimate of drug-likeness (QED) is 0.176. The van der Waals surface area contributed by atoms with Crippen LogP contribution in [0.25, 0.3) is 67.1 Å². The maximum Gasteiger partial charge on any atom is 0.220 e. The number of hydrogen-bond donors (Lipinski definition) is 0. The second-order valence-corrected chi connectivity index (χ2v) is 17.1. The molecule has 0 fully saturated rings. The van der Waals surface area contributed by atoms with Crippen molar-refractivity contribution in [3.8, 4) is 11.4 Å². The van der Waals surface area contributed by atoms with E-state index in [0.717, 1.165) is 87.2 Å². The predicted octanol–water partition coefficient (Wildman–Crippen LogP) is 8.46. The van der Waals surface area contributed by atoms with Gasteiger partial charge in [-0.3, -0.25) is 17.9 Å². The third-order valence-electron chi connectivity index (χ3n) is 9.96. The van der Waals surface area contributed by atoms with Crippen molar-refractivity contribution in [3.63, 3.8) is 0 Å². The minimum atomic E-state index is -3.40. The molecule has 0 amide bonds. The minimum absolute atomic E-state index is 0.802. The maximum atomic E-state index is 9.19. The molecule has 0 spiro atoms. The maximum absolute atomic E-state index is 9.19. The molecule has 1 unspecified atom stereocenters. The van der Waals surface area contributed by atoms with E-state index in [-0.39, 0.29) is 0 Å². The Hall–Kier alpha value is -5.57. The van der Waals surface area contributed by atoms with Crippen molar-refractivity contribution in [2.24, 2.45) is 0 Å². The summed E-state index contributed by atoms with van der Waals surface area (Å²) in [6.45, 7) is -0.202. The highest BCUT2D eigenvalue weighted by molar-refractivity contribution is 8.00. The molecule has 48 heavy (non-hydrogen) atoms. The van der Waals surface area contributed by atoms with Gasteiger partial charge in [-0.05, 0) is 83.2 Å². The van der Waals surface area contributed by atoms with Crippen LogP contribution in [0.4, 0.5) is 0 Å². The summed E-state index contributed by atoms with van der Waals surface area (Å²) in [4.78, 5) is 12.2. The largest absolute Gasteiger partial charge is 0.278 e. The van der Waals surface area contributed by atoms with Crippen LogP contribution in [-0.2, 0) is 0 Å². The van der Waals surface area contributed by atoms with Gasteiger partial charge >= 0.3 is 0 Å². The summed E-state index contributed by atoms with van der Waals surface area (Å²) in [6, 6.07) is 45.6. The van der Waals surface area contributed by atoms with Gasteiger partial charge in [-0.1, -0.05) is 85.4 Å². The van der Waals surface area contributed by atoms with E-state index in [2.05, 4.69) is 90.7 Å². The lowest BCUT2D eigenvalue weighted by molar-refractivity contribution is 1.08. The van der Waals surface area contributed by atoms with Crippen LogP contribution in [0, 0.1) is 0 Å². The van der Waals surface area contributed by atoms with E-state index in [1.165, 1.54) is 0 Å². The molecule has 6 nitrogen and oxygen atoms in total.